The second-order valence-corrected chi connectivity index (χ2v) is 7.26. The topological polar surface area (TPSA) is 89.0 Å². The standard InChI is InChI=1S/C23H37N3O4/c1-4-5-6-7-8-9-10-11-12-13-22(27)24-18-23(28)26-25-17-19-14-15-20(29-2)21(16-19)30-3/h14-17H,4-13,18H2,1-3H3,(H,24,27)(H,26,28). The summed E-state index contributed by atoms with van der Waals surface area (Å²) in [6.07, 6.45) is 12.8. The van der Waals surface area contributed by atoms with Crippen LogP contribution < -0.4 is 20.2 Å². The Morgan fingerprint density at radius 3 is 2.17 bits per heavy atom. The minimum absolute atomic E-state index is 0.0838. The van der Waals surface area contributed by atoms with Crippen molar-refractivity contribution in [1.29, 1.82) is 0 Å². The molecule has 0 aliphatic heterocycles. The van der Waals surface area contributed by atoms with Gasteiger partial charge in [-0.2, -0.15) is 5.10 Å². The van der Waals surface area contributed by atoms with Crippen LogP contribution in [-0.4, -0.2) is 38.8 Å². The summed E-state index contributed by atoms with van der Waals surface area (Å²) in [6, 6.07) is 5.31. The molecule has 0 aliphatic rings. The average molecular weight is 420 g/mol. The van der Waals surface area contributed by atoms with E-state index < -0.39 is 0 Å². The van der Waals surface area contributed by atoms with E-state index in [1.165, 1.54) is 51.2 Å². The van der Waals surface area contributed by atoms with Crippen LogP contribution in [0.25, 0.3) is 0 Å². The maximum atomic E-state index is 11.8. The van der Waals surface area contributed by atoms with E-state index >= 15 is 0 Å². The van der Waals surface area contributed by atoms with E-state index in [2.05, 4.69) is 22.8 Å². The SMILES string of the molecule is CCCCCCCCCCCC(=O)NCC(=O)NN=Cc1ccc(OC)c(OC)c1. The van der Waals surface area contributed by atoms with Crippen LogP contribution in [0, 0.1) is 0 Å². The number of nitrogens with zero attached hydrogens (tertiary/aromatic N) is 1. The zero-order chi connectivity index (χ0) is 22.0. The highest BCUT2D eigenvalue weighted by Crippen LogP contribution is 2.26. The molecule has 168 valence electrons. The zero-order valence-electron chi connectivity index (χ0n) is 18.7. The van der Waals surface area contributed by atoms with Crippen LogP contribution in [0.1, 0.15) is 76.7 Å². The quantitative estimate of drug-likeness (QED) is 0.239. The summed E-state index contributed by atoms with van der Waals surface area (Å²) in [5.74, 6) is 0.731. The number of hydrogen-bond donors (Lipinski definition) is 2. The summed E-state index contributed by atoms with van der Waals surface area (Å²) >= 11 is 0. The van der Waals surface area contributed by atoms with Crippen LogP contribution in [0.4, 0.5) is 0 Å². The lowest BCUT2D eigenvalue weighted by molar-refractivity contribution is -0.126. The fourth-order valence-corrected chi connectivity index (χ4v) is 3.01. The lowest BCUT2D eigenvalue weighted by atomic mass is 10.1. The number of unbranched alkanes of at least 4 members (excludes halogenated alkanes) is 8. The van der Waals surface area contributed by atoms with E-state index in [-0.39, 0.29) is 18.4 Å². The molecule has 0 saturated carbocycles. The molecule has 0 fully saturated rings. The van der Waals surface area contributed by atoms with Crippen LogP contribution in [0.15, 0.2) is 23.3 Å². The molecule has 0 aromatic heterocycles. The fraction of sp³-hybridized carbons (Fsp3) is 0.609. The van der Waals surface area contributed by atoms with Gasteiger partial charge in [0, 0.05) is 6.42 Å². The smallest absolute Gasteiger partial charge is 0.259 e. The molecule has 0 heterocycles. The van der Waals surface area contributed by atoms with E-state index in [9.17, 15) is 9.59 Å². The molecular formula is C23H37N3O4. The minimum atomic E-state index is -0.368. The van der Waals surface area contributed by atoms with Gasteiger partial charge in [0.1, 0.15) is 0 Å². The van der Waals surface area contributed by atoms with Crippen molar-refractivity contribution in [1.82, 2.24) is 10.7 Å². The Kier molecular flexibility index (Phi) is 13.8. The second kappa shape index (κ2) is 16.3. The molecule has 1 rings (SSSR count). The predicted octanol–water partition coefficient (Wildman–Crippen LogP) is 4.19. The molecular weight excluding hydrogens is 382 g/mol. The van der Waals surface area contributed by atoms with Gasteiger partial charge in [0.05, 0.1) is 27.0 Å². The van der Waals surface area contributed by atoms with Gasteiger partial charge in [-0.05, 0) is 30.2 Å². The van der Waals surface area contributed by atoms with Crippen molar-refractivity contribution in [3.05, 3.63) is 23.8 Å². The summed E-state index contributed by atoms with van der Waals surface area (Å²) < 4.78 is 10.4. The van der Waals surface area contributed by atoms with E-state index in [0.29, 0.717) is 17.9 Å². The molecule has 30 heavy (non-hydrogen) atoms. The molecule has 7 nitrogen and oxygen atoms in total. The lowest BCUT2D eigenvalue weighted by Crippen LogP contribution is -2.34. The number of carbonyl (C=O) groups excluding carboxylic acids is 2. The van der Waals surface area contributed by atoms with E-state index in [1.54, 1.807) is 32.4 Å². The highest BCUT2D eigenvalue weighted by atomic mass is 16.5. The monoisotopic (exact) mass is 419 g/mol. The maximum Gasteiger partial charge on any atom is 0.259 e. The number of hydrogen-bond acceptors (Lipinski definition) is 5. The summed E-state index contributed by atoms with van der Waals surface area (Å²) in [7, 11) is 3.12. The highest BCUT2D eigenvalue weighted by molar-refractivity contribution is 5.86. The van der Waals surface area contributed by atoms with Crippen molar-refractivity contribution in [3.8, 4) is 11.5 Å². The van der Waals surface area contributed by atoms with Gasteiger partial charge in [0.15, 0.2) is 11.5 Å². The summed E-state index contributed by atoms with van der Waals surface area (Å²) in [5, 5.41) is 6.53. The molecule has 1 aromatic rings. The van der Waals surface area contributed by atoms with Gasteiger partial charge in [0.2, 0.25) is 5.91 Å². The van der Waals surface area contributed by atoms with Gasteiger partial charge in [-0.3, -0.25) is 9.59 Å². The molecule has 0 spiro atoms. The minimum Gasteiger partial charge on any atom is -0.493 e. The Labute approximate surface area is 180 Å². The van der Waals surface area contributed by atoms with E-state index in [1.807, 2.05) is 0 Å². The maximum absolute atomic E-state index is 11.8. The number of carbonyl (C=O) groups is 2. The van der Waals surface area contributed by atoms with Gasteiger partial charge in [-0.15, -0.1) is 0 Å². The Morgan fingerprint density at radius 2 is 1.53 bits per heavy atom. The number of rotatable bonds is 16. The van der Waals surface area contributed by atoms with E-state index in [0.717, 1.165) is 18.4 Å². The summed E-state index contributed by atoms with van der Waals surface area (Å²) in [4.78, 5) is 23.6. The second-order valence-electron chi connectivity index (χ2n) is 7.26. The third kappa shape index (κ3) is 11.4. The van der Waals surface area contributed by atoms with Crippen molar-refractivity contribution in [2.75, 3.05) is 20.8 Å². The number of ether oxygens (including phenoxy) is 2. The molecule has 0 bridgehead atoms. The van der Waals surface area contributed by atoms with Crippen molar-refractivity contribution in [2.45, 2.75) is 71.1 Å². The van der Waals surface area contributed by atoms with Crippen molar-refractivity contribution < 1.29 is 19.1 Å². The number of nitrogens with one attached hydrogen (secondary N) is 2. The Bertz CT molecular complexity index is 662. The first-order valence-corrected chi connectivity index (χ1v) is 10.9. The van der Waals surface area contributed by atoms with Gasteiger partial charge >= 0.3 is 0 Å². The van der Waals surface area contributed by atoms with Gasteiger partial charge < -0.3 is 14.8 Å². The zero-order valence-corrected chi connectivity index (χ0v) is 18.7. The van der Waals surface area contributed by atoms with Gasteiger partial charge in [-0.25, -0.2) is 5.43 Å². The molecule has 0 aliphatic carbocycles. The van der Waals surface area contributed by atoms with Crippen LogP contribution >= 0.6 is 0 Å². The van der Waals surface area contributed by atoms with Crippen LogP contribution in [0.2, 0.25) is 0 Å². The third-order valence-corrected chi connectivity index (χ3v) is 4.76. The first-order chi connectivity index (χ1) is 14.6. The fourth-order valence-electron chi connectivity index (χ4n) is 3.01. The number of benzene rings is 1. The third-order valence-electron chi connectivity index (χ3n) is 4.76. The summed E-state index contributed by atoms with van der Waals surface area (Å²) in [6.45, 7) is 2.14. The predicted molar refractivity (Wildman–Crippen MR) is 120 cm³/mol. The van der Waals surface area contributed by atoms with Crippen molar-refractivity contribution >= 4 is 18.0 Å². The largest absolute Gasteiger partial charge is 0.493 e. The molecule has 1 aromatic carbocycles. The Balaban J connectivity index is 2.13. The van der Waals surface area contributed by atoms with Gasteiger partial charge in [-0.1, -0.05) is 58.3 Å². The van der Waals surface area contributed by atoms with Crippen LogP contribution in [0.5, 0.6) is 11.5 Å². The first-order valence-electron chi connectivity index (χ1n) is 10.9. The molecule has 0 radical (unpaired) electrons. The molecule has 7 heteroatoms. The molecule has 0 saturated heterocycles. The molecule has 0 unspecified atom stereocenters. The van der Waals surface area contributed by atoms with Crippen LogP contribution in [-0.2, 0) is 9.59 Å². The Morgan fingerprint density at radius 1 is 0.900 bits per heavy atom. The number of amides is 2. The van der Waals surface area contributed by atoms with Crippen LogP contribution in [0.3, 0.4) is 0 Å². The number of methoxy groups -OCH3 is 2. The molecule has 2 amide bonds. The van der Waals surface area contributed by atoms with Gasteiger partial charge in [0.25, 0.3) is 5.91 Å². The van der Waals surface area contributed by atoms with Crippen molar-refractivity contribution in [3.63, 3.8) is 0 Å². The highest BCUT2D eigenvalue weighted by Gasteiger charge is 2.05. The Hall–Kier alpha value is -2.57. The van der Waals surface area contributed by atoms with Crippen molar-refractivity contribution in [2.24, 2.45) is 5.10 Å². The average Bonchev–Trinajstić information content (AvgIpc) is 2.76. The summed E-state index contributed by atoms with van der Waals surface area (Å²) in [5.41, 5.74) is 3.15. The lowest BCUT2D eigenvalue weighted by Gasteiger charge is -2.07. The normalized spacial score (nSPS) is 10.8. The van der Waals surface area contributed by atoms with E-state index in [4.69, 9.17) is 9.47 Å². The molecule has 2 N–H and O–H groups in total. The first kappa shape index (κ1) is 25.5. The molecule has 0 atom stereocenters. The number of hydrazone groups is 1.